The van der Waals surface area contributed by atoms with Gasteiger partial charge < -0.3 is 27.8 Å². The molecule has 3 rings (SSSR count). The highest BCUT2D eigenvalue weighted by atomic mass is 32.2. The number of thiazole rings is 1. The van der Waals surface area contributed by atoms with Crippen LogP contribution in [0.15, 0.2) is 59.6 Å². The van der Waals surface area contributed by atoms with Crippen molar-refractivity contribution in [1.29, 1.82) is 0 Å². The number of rotatable bonds is 17. The fraction of sp³-hybridized carbons (Fsp3) is 0.357. The van der Waals surface area contributed by atoms with Gasteiger partial charge in [0.05, 0.1) is 22.5 Å². The Balaban J connectivity index is 1.88. The molecule has 236 valence electrons. The van der Waals surface area contributed by atoms with Gasteiger partial charge in [-0.25, -0.2) is 18.1 Å². The maximum Gasteiger partial charge on any atom is 0.243 e. The molecule has 0 radical (unpaired) electrons. The molecule has 0 spiro atoms. The van der Waals surface area contributed by atoms with Gasteiger partial charge in [0, 0.05) is 19.4 Å². The maximum atomic E-state index is 13.7. The molecule has 0 aliphatic carbocycles. The number of carbonyl (C=O) groups excluding carboxylic acids is 4. The minimum Gasteiger partial charge on any atom is -0.370 e. The van der Waals surface area contributed by atoms with Crippen LogP contribution >= 0.6 is 11.3 Å². The van der Waals surface area contributed by atoms with Crippen molar-refractivity contribution in [3.05, 3.63) is 65.2 Å². The number of fused-ring (bicyclic) bond motifs is 1. The first-order chi connectivity index (χ1) is 20.8. The molecule has 0 aliphatic heterocycles. The molecule has 0 saturated carbocycles. The second kappa shape index (κ2) is 15.9. The largest absolute Gasteiger partial charge is 0.370 e. The lowest BCUT2D eigenvalue weighted by Gasteiger charge is -2.25. The molecule has 0 aliphatic rings. The number of primary amides is 1. The fourth-order valence-corrected chi connectivity index (χ4v) is 5.99. The van der Waals surface area contributed by atoms with Gasteiger partial charge in [0.2, 0.25) is 33.5 Å². The van der Waals surface area contributed by atoms with E-state index in [9.17, 15) is 27.6 Å². The first-order valence-electron chi connectivity index (χ1n) is 13.7. The highest BCUT2D eigenvalue weighted by Crippen LogP contribution is 2.23. The van der Waals surface area contributed by atoms with Crippen molar-refractivity contribution in [2.75, 3.05) is 12.8 Å². The molecular formula is C28H36N8O6S2. The number of Topliss-reactive ketones (excluding diaryl/α,β-unsaturated/α-hetero) is 1. The van der Waals surface area contributed by atoms with Crippen LogP contribution in [0, 0.1) is 0 Å². The van der Waals surface area contributed by atoms with E-state index in [0.29, 0.717) is 17.5 Å². The van der Waals surface area contributed by atoms with Gasteiger partial charge in [-0.15, -0.1) is 11.3 Å². The van der Waals surface area contributed by atoms with Crippen molar-refractivity contribution in [1.82, 2.24) is 20.3 Å². The number of nitrogens with one attached hydrogen (secondary N) is 3. The lowest BCUT2D eigenvalue weighted by atomic mass is 10.0. The van der Waals surface area contributed by atoms with Crippen molar-refractivity contribution in [3.8, 4) is 0 Å². The second-order valence-electron chi connectivity index (χ2n) is 10.1. The molecule has 14 nitrogen and oxygen atoms in total. The molecule has 16 heteroatoms. The van der Waals surface area contributed by atoms with E-state index in [4.69, 9.17) is 17.2 Å². The number of guanidine groups is 1. The highest BCUT2D eigenvalue weighted by Gasteiger charge is 2.31. The summed E-state index contributed by atoms with van der Waals surface area (Å²) in [6, 6.07) is 12.4. The van der Waals surface area contributed by atoms with Crippen molar-refractivity contribution >= 4 is 61.0 Å². The van der Waals surface area contributed by atoms with Gasteiger partial charge in [-0.05, 0) is 37.0 Å². The number of ketones is 1. The number of hydrogen-bond acceptors (Lipinski definition) is 9. The Morgan fingerprint density at radius 2 is 1.52 bits per heavy atom. The Bertz CT molecular complexity index is 1570. The zero-order valence-electron chi connectivity index (χ0n) is 24.1. The van der Waals surface area contributed by atoms with Gasteiger partial charge in [0.1, 0.15) is 12.1 Å². The average molecular weight is 645 g/mol. The predicted molar refractivity (Wildman–Crippen MR) is 168 cm³/mol. The van der Waals surface area contributed by atoms with E-state index >= 15 is 0 Å². The molecule has 9 N–H and O–H groups in total. The molecule has 1 heterocycles. The smallest absolute Gasteiger partial charge is 0.243 e. The molecule has 1 aromatic heterocycles. The predicted octanol–water partition coefficient (Wildman–Crippen LogP) is -0.0718. The molecular weight excluding hydrogens is 608 g/mol. The summed E-state index contributed by atoms with van der Waals surface area (Å²) in [6.07, 6.45) is 0.910. The van der Waals surface area contributed by atoms with Crippen LogP contribution in [0.3, 0.4) is 0 Å². The number of nitrogens with zero attached hydrogens (tertiary/aromatic N) is 2. The summed E-state index contributed by atoms with van der Waals surface area (Å²) in [4.78, 5) is 60.4. The number of carbonyl (C=O) groups is 4. The summed E-state index contributed by atoms with van der Waals surface area (Å²) in [5, 5.41) is 5.54. The number of amides is 3. The Morgan fingerprint density at radius 1 is 0.886 bits per heavy atom. The van der Waals surface area contributed by atoms with Gasteiger partial charge in [-0.1, -0.05) is 42.5 Å². The van der Waals surface area contributed by atoms with E-state index in [1.54, 1.807) is 42.5 Å². The van der Waals surface area contributed by atoms with E-state index in [1.165, 1.54) is 11.3 Å². The van der Waals surface area contributed by atoms with Gasteiger partial charge in [0.15, 0.2) is 11.0 Å². The van der Waals surface area contributed by atoms with Crippen LogP contribution in [0.2, 0.25) is 0 Å². The van der Waals surface area contributed by atoms with Crippen LogP contribution in [0.25, 0.3) is 10.2 Å². The van der Waals surface area contributed by atoms with E-state index in [0.717, 1.165) is 11.0 Å². The zero-order valence-corrected chi connectivity index (χ0v) is 25.7. The van der Waals surface area contributed by atoms with Gasteiger partial charge in [-0.3, -0.25) is 24.2 Å². The Kier molecular flexibility index (Phi) is 12.3. The van der Waals surface area contributed by atoms with E-state index in [-0.39, 0.29) is 43.2 Å². The molecule has 3 aromatic rings. The summed E-state index contributed by atoms with van der Waals surface area (Å²) in [5.74, 6) is -2.78. The Morgan fingerprint density at radius 3 is 2.16 bits per heavy atom. The SMILES string of the molecule is CS(=O)(=O)N[C@@H](CCC(N)=O)C(=O)N[C@@H](Cc1ccccc1)C(=O)N[C@@H](CCCN=C(N)N)C(=O)c1nc2ccccc2s1. The summed E-state index contributed by atoms with van der Waals surface area (Å²) < 4.78 is 26.9. The quantitative estimate of drug-likeness (QED) is 0.0498. The average Bonchev–Trinajstić information content (AvgIpc) is 3.40. The third kappa shape index (κ3) is 11.0. The number of aliphatic imine (C=N–C) groups is 1. The number of sulfonamides is 1. The second-order valence-corrected chi connectivity index (χ2v) is 12.9. The summed E-state index contributed by atoms with van der Waals surface area (Å²) >= 11 is 1.19. The number of aromatic nitrogens is 1. The van der Waals surface area contributed by atoms with E-state index in [2.05, 4.69) is 25.3 Å². The van der Waals surface area contributed by atoms with Crippen molar-refractivity contribution < 1.29 is 27.6 Å². The Hall–Kier alpha value is -4.41. The van der Waals surface area contributed by atoms with Gasteiger partial charge in [0.25, 0.3) is 0 Å². The molecule has 3 atom stereocenters. The molecule has 0 bridgehead atoms. The minimum atomic E-state index is -3.86. The van der Waals surface area contributed by atoms with Crippen LogP contribution in [-0.2, 0) is 30.8 Å². The van der Waals surface area contributed by atoms with Crippen molar-refractivity contribution in [2.45, 2.75) is 50.2 Å². The van der Waals surface area contributed by atoms with Crippen molar-refractivity contribution in [3.63, 3.8) is 0 Å². The molecule has 44 heavy (non-hydrogen) atoms. The normalized spacial score (nSPS) is 13.4. The molecule has 3 amide bonds. The number of benzene rings is 2. The first kappa shape index (κ1) is 34.1. The van der Waals surface area contributed by atoms with Gasteiger partial charge in [-0.2, -0.15) is 0 Å². The fourth-order valence-electron chi connectivity index (χ4n) is 4.29. The van der Waals surface area contributed by atoms with Gasteiger partial charge >= 0.3 is 0 Å². The van der Waals surface area contributed by atoms with E-state index in [1.807, 2.05) is 12.1 Å². The van der Waals surface area contributed by atoms with Crippen LogP contribution in [0.4, 0.5) is 0 Å². The summed E-state index contributed by atoms with van der Waals surface area (Å²) in [7, 11) is -3.86. The number of nitrogens with two attached hydrogens (primary N) is 3. The third-order valence-electron chi connectivity index (χ3n) is 6.35. The monoisotopic (exact) mass is 644 g/mol. The molecule has 0 unspecified atom stereocenters. The number of hydrogen-bond donors (Lipinski definition) is 6. The lowest BCUT2D eigenvalue weighted by Crippen LogP contribution is -2.56. The highest BCUT2D eigenvalue weighted by molar-refractivity contribution is 7.88. The van der Waals surface area contributed by atoms with Crippen LogP contribution < -0.4 is 32.6 Å². The van der Waals surface area contributed by atoms with Crippen LogP contribution in [-0.4, -0.2) is 73.8 Å². The van der Waals surface area contributed by atoms with Crippen LogP contribution in [0.5, 0.6) is 0 Å². The molecule has 2 aromatic carbocycles. The zero-order chi connectivity index (χ0) is 32.3. The van der Waals surface area contributed by atoms with Crippen LogP contribution in [0.1, 0.15) is 41.0 Å². The first-order valence-corrected chi connectivity index (χ1v) is 16.4. The topological polar surface area (TPSA) is 242 Å². The molecule has 0 fully saturated rings. The summed E-state index contributed by atoms with van der Waals surface area (Å²) in [5.41, 5.74) is 17.4. The van der Waals surface area contributed by atoms with Crippen molar-refractivity contribution in [2.24, 2.45) is 22.2 Å². The maximum absolute atomic E-state index is 13.7. The summed E-state index contributed by atoms with van der Waals surface area (Å²) in [6.45, 7) is 0.213. The Labute approximate surface area is 258 Å². The lowest BCUT2D eigenvalue weighted by molar-refractivity contribution is -0.130. The minimum absolute atomic E-state index is 0.0237. The standard InChI is InChI=1S/C28H36N8O6S2/c1-44(41,42)36-20(13-14-23(29)37)25(39)34-21(16-17-8-3-2-4-9-17)26(40)33-19(11-7-15-32-28(30)31)24(38)27-35-18-10-5-6-12-22(18)43-27/h2-6,8-10,12,19-21,36H,7,11,13-16H2,1H3,(H2,29,37)(H,33,40)(H,34,39)(H4,30,31,32)/t19-,20-,21-/m0/s1. The van der Waals surface area contributed by atoms with E-state index < -0.39 is 51.7 Å². The number of para-hydroxylation sites is 1. The molecule has 0 saturated heterocycles. The third-order valence-corrected chi connectivity index (χ3v) is 8.11.